The standard InChI is InChI=1S/C22H29N3O2/c1-3-25(18-8-4-6-16(2)14-18)13-12-23-22(27)24-21-9-5-7-17-10-11-19(26)15-20(17)21/h4-9,14,19,26H,3,10-13,15H2,1-2H3,(H2,23,24,27)/t19-/m0/s1. The van der Waals surface area contributed by atoms with Crippen LogP contribution < -0.4 is 15.5 Å². The fourth-order valence-electron chi connectivity index (χ4n) is 3.65. The molecule has 1 aliphatic rings. The summed E-state index contributed by atoms with van der Waals surface area (Å²) in [5.74, 6) is 0. The molecule has 0 saturated heterocycles. The van der Waals surface area contributed by atoms with Gasteiger partial charge in [-0.05, 0) is 61.6 Å². The summed E-state index contributed by atoms with van der Waals surface area (Å²) >= 11 is 0. The highest BCUT2D eigenvalue weighted by Crippen LogP contribution is 2.28. The normalized spacial score (nSPS) is 15.7. The van der Waals surface area contributed by atoms with Gasteiger partial charge in [0.25, 0.3) is 0 Å². The van der Waals surface area contributed by atoms with E-state index in [1.54, 1.807) is 0 Å². The van der Waals surface area contributed by atoms with Crippen molar-refractivity contribution in [2.75, 3.05) is 29.9 Å². The highest BCUT2D eigenvalue weighted by Gasteiger charge is 2.19. The first-order chi connectivity index (χ1) is 13.1. The third kappa shape index (κ3) is 5.01. The summed E-state index contributed by atoms with van der Waals surface area (Å²) in [6.45, 7) is 6.39. The molecule has 0 fully saturated rings. The van der Waals surface area contributed by atoms with E-state index >= 15 is 0 Å². The van der Waals surface area contributed by atoms with Crippen LogP contribution in [0.3, 0.4) is 0 Å². The molecule has 5 heteroatoms. The van der Waals surface area contributed by atoms with Crippen LogP contribution in [0.5, 0.6) is 0 Å². The Hall–Kier alpha value is -2.53. The van der Waals surface area contributed by atoms with Gasteiger partial charge >= 0.3 is 6.03 Å². The van der Waals surface area contributed by atoms with Gasteiger partial charge in [-0.2, -0.15) is 0 Å². The van der Waals surface area contributed by atoms with Crippen molar-refractivity contribution in [1.29, 1.82) is 0 Å². The van der Waals surface area contributed by atoms with Gasteiger partial charge in [0.05, 0.1) is 6.10 Å². The second-order valence-electron chi connectivity index (χ2n) is 7.14. The lowest BCUT2D eigenvalue weighted by Crippen LogP contribution is -2.37. The molecule has 1 atom stereocenters. The van der Waals surface area contributed by atoms with E-state index in [1.807, 2.05) is 12.1 Å². The number of fused-ring (bicyclic) bond motifs is 1. The van der Waals surface area contributed by atoms with Crippen molar-refractivity contribution < 1.29 is 9.90 Å². The number of anilines is 2. The zero-order valence-electron chi connectivity index (χ0n) is 16.2. The number of amides is 2. The monoisotopic (exact) mass is 367 g/mol. The van der Waals surface area contributed by atoms with Crippen LogP contribution in [0.1, 0.15) is 30.0 Å². The molecule has 0 radical (unpaired) electrons. The lowest BCUT2D eigenvalue weighted by Gasteiger charge is -2.25. The molecular weight excluding hydrogens is 338 g/mol. The number of aliphatic hydroxyl groups excluding tert-OH is 1. The fourth-order valence-corrected chi connectivity index (χ4v) is 3.65. The SMILES string of the molecule is CCN(CCNC(=O)Nc1cccc2c1C[C@@H](O)CC2)c1cccc(C)c1. The van der Waals surface area contributed by atoms with Gasteiger partial charge < -0.3 is 20.6 Å². The zero-order chi connectivity index (χ0) is 19.2. The highest BCUT2D eigenvalue weighted by atomic mass is 16.3. The first kappa shape index (κ1) is 19.2. The Kier molecular flexibility index (Phi) is 6.35. The molecule has 0 aromatic heterocycles. The van der Waals surface area contributed by atoms with Crippen LogP contribution in [0.4, 0.5) is 16.2 Å². The maximum atomic E-state index is 12.3. The molecule has 0 heterocycles. The number of carbonyl (C=O) groups is 1. The van der Waals surface area contributed by atoms with Gasteiger partial charge in [-0.3, -0.25) is 0 Å². The Balaban J connectivity index is 1.54. The van der Waals surface area contributed by atoms with Gasteiger partial charge in [-0.25, -0.2) is 4.79 Å². The molecule has 0 saturated carbocycles. The molecule has 27 heavy (non-hydrogen) atoms. The number of likely N-dealkylation sites (N-methyl/N-ethyl adjacent to an activating group) is 1. The van der Waals surface area contributed by atoms with Crippen molar-refractivity contribution in [2.24, 2.45) is 0 Å². The number of benzene rings is 2. The predicted molar refractivity (Wildman–Crippen MR) is 111 cm³/mol. The Morgan fingerprint density at radius 1 is 1.26 bits per heavy atom. The molecule has 144 valence electrons. The lowest BCUT2D eigenvalue weighted by molar-refractivity contribution is 0.159. The van der Waals surface area contributed by atoms with Crippen molar-refractivity contribution in [1.82, 2.24) is 5.32 Å². The van der Waals surface area contributed by atoms with Crippen molar-refractivity contribution >= 4 is 17.4 Å². The van der Waals surface area contributed by atoms with Crippen LogP contribution in [-0.4, -0.2) is 36.9 Å². The minimum atomic E-state index is -0.323. The van der Waals surface area contributed by atoms with E-state index in [1.165, 1.54) is 16.8 Å². The summed E-state index contributed by atoms with van der Waals surface area (Å²) in [6, 6.07) is 14.1. The van der Waals surface area contributed by atoms with Gasteiger partial charge in [0.15, 0.2) is 0 Å². The largest absolute Gasteiger partial charge is 0.393 e. The molecule has 3 rings (SSSR count). The number of rotatable bonds is 6. The number of aryl methyl sites for hydroxylation is 2. The van der Waals surface area contributed by atoms with E-state index in [-0.39, 0.29) is 12.1 Å². The van der Waals surface area contributed by atoms with Crippen molar-refractivity contribution in [3.8, 4) is 0 Å². The minimum Gasteiger partial charge on any atom is -0.393 e. The number of aliphatic hydroxyl groups is 1. The van der Waals surface area contributed by atoms with Crippen molar-refractivity contribution in [3.63, 3.8) is 0 Å². The second-order valence-corrected chi connectivity index (χ2v) is 7.14. The molecule has 0 unspecified atom stereocenters. The lowest BCUT2D eigenvalue weighted by atomic mass is 9.88. The molecule has 2 amide bonds. The smallest absolute Gasteiger partial charge is 0.319 e. The maximum absolute atomic E-state index is 12.3. The summed E-state index contributed by atoms with van der Waals surface area (Å²) in [6.07, 6.45) is 1.92. The van der Waals surface area contributed by atoms with Crippen LogP contribution >= 0.6 is 0 Å². The Morgan fingerprint density at radius 3 is 2.85 bits per heavy atom. The van der Waals surface area contributed by atoms with Crippen LogP contribution in [0, 0.1) is 6.92 Å². The van der Waals surface area contributed by atoms with Gasteiger partial charge in [0.2, 0.25) is 0 Å². The number of carbonyl (C=O) groups excluding carboxylic acids is 1. The Bertz CT molecular complexity index is 791. The third-order valence-electron chi connectivity index (χ3n) is 5.12. The molecular formula is C22H29N3O2. The van der Waals surface area contributed by atoms with E-state index in [0.29, 0.717) is 13.0 Å². The number of urea groups is 1. The molecule has 5 nitrogen and oxygen atoms in total. The number of nitrogens with one attached hydrogen (secondary N) is 2. The van der Waals surface area contributed by atoms with E-state index in [0.717, 1.165) is 37.2 Å². The van der Waals surface area contributed by atoms with E-state index < -0.39 is 0 Å². The van der Waals surface area contributed by atoms with Crippen LogP contribution in [-0.2, 0) is 12.8 Å². The minimum absolute atomic E-state index is 0.205. The molecule has 2 aromatic rings. The topological polar surface area (TPSA) is 64.6 Å². The summed E-state index contributed by atoms with van der Waals surface area (Å²) in [4.78, 5) is 14.6. The quantitative estimate of drug-likeness (QED) is 0.732. The summed E-state index contributed by atoms with van der Waals surface area (Å²) in [7, 11) is 0. The third-order valence-corrected chi connectivity index (χ3v) is 5.12. The summed E-state index contributed by atoms with van der Waals surface area (Å²) < 4.78 is 0. The first-order valence-electron chi connectivity index (χ1n) is 9.72. The zero-order valence-corrected chi connectivity index (χ0v) is 16.2. The average molecular weight is 367 g/mol. The van der Waals surface area contributed by atoms with Crippen LogP contribution in [0.2, 0.25) is 0 Å². The number of hydrogen-bond acceptors (Lipinski definition) is 3. The molecule has 0 spiro atoms. The van der Waals surface area contributed by atoms with Gasteiger partial charge in [0, 0.05) is 37.4 Å². The molecule has 0 bridgehead atoms. The van der Waals surface area contributed by atoms with E-state index in [9.17, 15) is 9.90 Å². The molecule has 0 aliphatic heterocycles. The number of nitrogens with zero attached hydrogens (tertiary/aromatic N) is 1. The van der Waals surface area contributed by atoms with Gasteiger partial charge in [-0.15, -0.1) is 0 Å². The number of hydrogen-bond donors (Lipinski definition) is 3. The molecule has 3 N–H and O–H groups in total. The molecule has 1 aliphatic carbocycles. The van der Waals surface area contributed by atoms with Crippen molar-refractivity contribution in [2.45, 2.75) is 39.2 Å². The fraction of sp³-hybridized carbons (Fsp3) is 0.409. The van der Waals surface area contributed by atoms with Gasteiger partial charge in [0.1, 0.15) is 0 Å². The molecule has 2 aromatic carbocycles. The summed E-state index contributed by atoms with van der Waals surface area (Å²) in [5, 5.41) is 15.8. The predicted octanol–water partition coefficient (Wildman–Crippen LogP) is 3.49. The Labute approximate surface area is 161 Å². The van der Waals surface area contributed by atoms with Crippen LogP contribution in [0.15, 0.2) is 42.5 Å². The van der Waals surface area contributed by atoms with Crippen LogP contribution in [0.25, 0.3) is 0 Å². The highest BCUT2D eigenvalue weighted by molar-refractivity contribution is 5.90. The average Bonchev–Trinajstić information content (AvgIpc) is 2.66. The van der Waals surface area contributed by atoms with Crippen molar-refractivity contribution in [3.05, 3.63) is 59.2 Å². The van der Waals surface area contributed by atoms with E-state index in [4.69, 9.17) is 0 Å². The second kappa shape index (κ2) is 8.91. The maximum Gasteiger partial charge on any atom is 0.319 e. The van der Waals surface area contributed by atoms with E-state index in [2.05, 4.69) is 59.7 Å². The van der Waals surface area contributed by atoms with Gasteiger partial charge in [-0.1, -0.05) is 24.3 Å². The Morgan fingerprint density at radius 2 is 2.07 bits per heavy atom. The summed E-state index contributed by atoms with van der Waals surface area (Å²) in [5.41, 5.74) is 5.48. The first-order valence-corrected chi connectivity index (χ1v) is 9.72.